The highest BCUT2D eigenvalue weighted by Gasteiger charge is 2.53. The maximum absolute atomic E-state index is 13.5. The van der Waals surface area contributed by atoms with E-state index in [1.165, 1.54) is 0 Å². The second-order valence-electron chi connectivity index (χ2n) is 10.8. The molecule has 0 radical (unpaired) electrons. The SMILES string of the molecule is CCOC(=O)[C@@H](C[C@@H]1[C@@H](C[C@H](C(=O)OCC)C(C)C)OC(C)(C)N1C(=O)OCc1ccccc1)C(C)C. The van der Waals surface area contributed by atoms with E-state index in [0.29, 0.717) is 19.4 Å². The third kappa shape index (κ3) is 8.19. The highest BCUT2D eigenvalue weighted by atomic mass is 16.6. The monoisotopic (exact) mass is 519 g/mol. The molecule has 2 rings (SSSR count). The van der Waals surface area contributed by atoms with Gasteiger partial charge in [-0.05, 0) is 57.9 Å². The molecule has 1 aromatic carbocycles. The van der Waals surface area contributed by atoms with Crippen molar-refractivity contribution in [2.45, 2.75) is 92.7 Å². The molecule has 8 heteroatoms. The Balaban J connectivity index is 2.39. The van der Waals surface area contributed by atoms with Crippen molar-refractivity contribution in [3.63, 3.8) is 0 Å². The Labute approximate surface area is 222 Å². The zero-order valence-electron chi connectivity index (χ0n) is 23.7. The topological polar surface area (TPSA) is 91.4 Å². The van der Waals surface area contributed by atoms with Crippen molar-refractivity contribution in [2.24, 2.45) is 23.7 Å². The first-order valence-corrected chi connectivity index (χ1v) is 13.4. The molecule has 4 atom stereocenters. The van der Waals surface area contributed by atoms with E-state index in [2.05, 4.69) is 0 Å². The van der Waals surface area contributed by atoms with Crippen molar-refractivity contribution in [1.29, 1.82) is 0 Å². The van der Waals surface area contributed by atoms with E-state index in [1.807, 2.05) is 71.9 Å². The number of rotatable bonds is 12. The van der Waals surface area contributed by atoms with Crippen molar-refractivity contribution >= 4 is 18.0 Å². The van der Waals surface area contributed by atoms with Gasteiger partial charge in [0.1, 0.15) is 12.3 Å². The lowest BCUT2D eigenvalue weighted by atomic mass is 9.83. The van der Waals surface area contributed by atoms with Gasteiger partial charge in [0.25, 0.3) is 0 Å². The first kappa shape index (κ1) is 30.6. The standard InChI is InChI=1S/C29H45NO7/c1-9-34-26(31)22(19(3)4)16-24-25(17-23(20(5)6)27(32)35-10-2)37-29(7,8)30(24)28(33)36-18-21-14-12-11-13-15-21/h11-15,19-20,22-25H,9-10,16-18H2,1-8H3/t22-,23-,24+,25+/m0/s1. The number of ether oxygens (including phenoxy) is 4. The Hall–Kier alpha value is -2.61. The van der Waals surface area contributed by atoms with Gasteiger partial charge in [0.15, 0.2) is 0 Å². The van der Waals surface area contributed by atoms with Gasteiger partial charge in [0.05, 0.1) is 37.2 Å². The number of hydrogen-bond donors (Lipinski definition) is 0. The first-order valence-electron chi connectivity index (χ1n) is 13.4. The molecular weight excluding hydrogens is 474 g/mol. The zero-order chi connectivity index (χ0) is 27.8. The highest BCUT2D eigenvalue weighted by molar-refractivity contribution is 5.74. The summed E-state index contributed by atoms with van der Waals surface area (Å²) in [6.07, 6.45) is -0.323. The number of carbonyl (C=O) groups excluding carboxylic acids is 3. The minimum absolute atomic E-state index is 0.0106. The minimum atomic E-state index is -1.00. The number of esters is 2. The molecule has 0 aliphatic carbocycles. The lowest BCUT2D eigenvalue weighted by molar-refractivity contribution is -0.153. The van der Waals surface area contributed by atoms with E-state index in [0.717, 1.165) is 5.56 Å². The average molecular weight is 520 g/mol. The van der Waals surface area contributed by atoms with E-state index >= 15 is 0 Å². The van der Waals surface area contributed by atoms with Gasteiger partial charge in [-0.3, -0.25) is 14.5 Å². The van der Waals surface area contributed by atoms with Crippen molar-refractivity contribution in [2.75, 3.05) is 13.2 Å². The zero-order valence-corrected chi connectivity index (χ0v) is 23.7. The Morgan fingerprint density at radius 1 is 0.865 bits per heavy atom. The summed E-state index contributed by atoms with van der Waals surface area (Å²) in [7, 11) is 0. The first-order chi connectivity index (χ1) is 17.4. The maximum atomic E-state index is 13.5. The molecule has 0 N–H and O–H groups in total. The third-order valence-electron chi connectivity index (χ3n) is 6.95. The normalized spacial score (nSPS) is 20.5. The van der Waals surface area contributed by atoms with Gasteiger partial charge in [-0.25, -0.2) is 4.79 Å². The number of nitrogens with zero attached hydrogens (tertiary/aromatic N) is 1. The predicted molar refractivity (Wildman–Crippen MR) is 140 cm³/mol. The van der Waals surface area contributed by atoms with Gasteiger partial charge in [-0.1, -0.05) is 58.0 Å². The lowest BCUT2D eigenvalue weighted by Gasteiger charge is -2.35. The number of benzene rings is 1. The molecule has 37 heavy (non-hydrogen) atoms. The molecule has 1 heterocycles. The summed E-state index contributed by atoms with van der Waals surface area (Å²) in [5.41, 5.74) is -0.134. The van der Waals surface area contributed by atoms with Crippen LogP contribution in [0.1, 0.15) is 73.8 Å². The van der Waals surface area contributed by atoms with E-state index in [4.69, 9.17) is 18.9 Å². The van der Waals surface area contributed by atoms with Gasteiger partial charge >= 0.3 is 18.0 Å². The summed E-state index contributed by atoms with van der Waals surface area (Å²) in [5.74, 6) is -1.45. The molecule has 0 bridgehead atoms. The summed E-state index contributed by atoms with van der Waals surface area (Å²) >= 11 is 0. The largest absolute Gasteiger partial charge is 0.466 e. The smallest absolute Gasteiger partial charge is 0.412 e. The summed E-state index contributed by atoms with van der Waals surface area (Å²) < 4.78 is 22.9. The molecule has 0 spiro atoms. The average Bonchev–Trinajstić information content (AvgIpc) is 3.08. The van der Waals surface area contributed by atoms with Crippen LogP contribution in [-0.2, 0) is 35.1 Å². The van der Waals surface area contributed by atoms with Crippen LogP contribution in [0.25, 0.3) is 0 Å². The molecule has 1 fully saturated rings. The Kier molecular flexibility index (Phi) is 11.4. The van der Waals surface area contributed by atoms with Crippen LogP contribution in [0.5, 0.6) is 0 Å². The third-order valence-corrected chi connectivity index (χ3v) is 6.95. The Morgan fingerprint density at radius 3 is 1.86 bits per heavy atom. The van der Waals surface area contributed by atoms with Crippen molar-refractivity contribution < 1.29 is 33.3 Å². The molecule has 1 saturated heterocycles. The van der Waals surface area contributed by atoms with Gasteiger partial charge in [0, 0.05) is 0 Å². The second-order valence-corrected chi connectivity index (χ2v) is 10.8. The quantitative estimate of drug-likeness (QED) is 0.263. The number of amides is 1. The predicted octanol–water partition coefficient (Wildman–Crippen LogP) is 5.58. The lowest BCUT2D eigenvalue weighted by Crippen LogP contribution is -2.50. The Morgan fingerprint density at radius 2 is 1.38 bits per heavy atom. The highest BCUT2D eigenvalue weighted by Crippen LogP contribution is 2.40. The molecule has 1 aliphatic rings. The maximum Gasteiger partial charge on any atom is 0.412 e. The molecule has 1 aliphatic heterocycles. The van der Waals surface area contributed by atoms with Crippen molar-refractivity contribution in [3.8, 4) is 0 Å². The minimum Gasteiger partial charge on any atom is -0.466 e. The van der Waals surface area contributed by atoms with Gasteiger partial charge in [-0.15, -0.1) is 0 Å². The van der Waals surface area contributed by atoms with Gasteiger partial charge in [0.2, 0.25) is 0 Å². The molecule has 1 aromatic rings. The molecule has 208 valence electrons. The molecule has 0 aromatic heterocycles. The molecule has 0 unspecified atom stereocenters. The Bertz CT molecular complexity index is 884. The van der Waals surface area contributed by atoms with E-state index in [9.17, 15) is 14.4 Å². The fourth-order valence-electron chi connectivity index (χ4n) is 4.97. The van der Waals surface area contributed by atoms with Crippen LogP contribution in [0.2, 0.25) is 0 Å². The molecular formula is C29H45NO7. The van der Waals surface area contributed by atoms with Crippen LogP contribution in [0, 0.1) is 23.7 Å². The van der Waals surface area contributed by atoms with Crippen LogP contribution >= 0.6 is 0 Å². The van der Waals surface area contributed by atoms with E-state index in [-0.39, 0.29) is 37.0 Å². The fraction of sp³-hybridized carbons (Fsp3) is 0.690. The molecule has 1 amide bonds. The fourth-order valence-corrected chi connectivity index (χ4v) is 4.97. The van der Waals surface area contributed by atoms with Crippen LogP contribution in [-0.4, -0.2) is 54.0 Å². The molecule has 0 saturated carbocycles. The van der Waals surface area contributed by atoms with Crippen molar-refractivity contribution in [1.82, 2.24) is 4.90 Å². The van der Waals surface area contributed by atoms with Gasteiger partial charge in [-0.2, -0.15) is 0 Å². The van der Waals surface area contributed by atoms with Crippen LogP contribution in [0.4, 0.5) is 4.79 Å². The van der Waals surface area contributed by atoms with Crippen molar-refractivity contribution in [3.05, 3.63) is 35.9 Å². The summed E-state index contributed by atoms with van der Waals surface area (Å²) in [6.45, 7) is 15.7. The van der Waals surface area contributed by atoms with Crippen LogP contribution in [0.15, 0.2) is 30.3 Å². The summed E-state index contributed by atoms with van der Waals surface area (Å²) in [5, 5.41) is 0. The second kappa shape index (κ2) is 13.8. The number of hydrogen-bond acceptors (Lipinski definition) is 7. The number of carbonyl (C=O) groups is 3. The van der Waals surface area contributed by atoms with Crippen LogP contribution < -0.4 is 0 Å². The van der Waals surface area contributed by atoms with Gasteiger partial charge < -0.3 is 18.9 Å². The molecule has 8 nitrogen and oxygen atoms in total. The van der Waals surface area contributed by atoms with E-state index < -0.39 is 35.8 Å². The van der Waals surface area contributed by atoms with E-state index in [1.54, 1.807) is 18.7 Å². The van der Waals surface area contributed by atoms with Crippen LogP contribution in [0.3, 0.4) is 0 Å². The summed E-state index contributed by atoms with van der Waals surface area (Å²) in [6, 6.07) is 8.96. The summed E-state index contributed by atoms with van der Waals surface area (Å²) in [4.78, 5) is 40.8.